The zero-order valence-electron chi connectivity index (χ0n) is 16.6. The van der Waals surface area contributed by atoms with Gasteiger partial charge in [0.2, 0.25) is 0 Å². The number of nitrogens with zero attached hydrogens (tertiary/aromatic N) is 1. The van der Waals surface area contributed by atoms with Crippen LogP contribution in [0.2, 0.25) is 0 Å². The molecule has 0 saturated carbocycles. The monoisotopic (exact) mass is 393 g/mol. The molecule has 0 saturated heterocycles. The molecule has 0 atom stereocenters. The highest BCUT2D eigenvalue weighted by molar-refractivity contribution is 5.97. The topological polar surface area (TPSA) is 63.3 Å². The molecule has 0 spiro atoms. The largest absolute Gasteiger partial charge is 0.478 e. The van der Waals surface area contributed by atoms with Gasteiger partial charge in [-0.2, -0.15) is 0 Å². The number of fused-ring (bicyclic) bond motifs is 2. The first-order valence-corrected chi connectivity index (χ1v) is 9.75. The Bertz CT molecular complexity index is 1450. The number of aromatic nitrogens is 1. The molecule has 4 nitrogen and oxygen atoms in total. The van der Waals surface area contributed by atoms with Gasteiger partial charge in [0.15, 0.2) is 5.76 Å². The highest BCUT2D eigenvalue weighted by atomic mass is 16.4. The first-order valence-electron chi connectivity index (χ1n) is 9.75. The van der Waals surface area contributed by atoms with Gasteiger partial charge < -0.3 is 9.52 Å². The van der Waals surface area contributed by atoms with Crippen molar-refractivity contribution >= 4 is 27.8 Å². The number of pyridine rings is 1. The van der Waals surface area contributed by atoms with E-state index in [2.05, 4.69) is 32.0 Å². The van der Waals surface area contributed by atoms with Crippen molar-refractivity contribution in [3.63, 3.8) is 0 Å². The van der Waals surface area contributed by atoms with Crippen LogP contribution in [0.15, 0.2) is 77.2 Å². The Hall–Kier alpha value is -3.92. The Morgan fingerprint density at radius 1 is 0.900 bits per heavy atom. The maximum absolute atomic E-state index is 11.6. The third-order valence-electron chi connectivity index (χ3n) is 5.52. The number of aromatic carboxylic acids is 1. The normalized spacial score (nSPS) is 11.3. The molecule has 1 N–H and O–H groups in total. The van der Waals surface area contributed by atoms with Crippen molar-refractivity contribution in [2.75, 3.05) is 0 Å². The second-order valence-corrected chi connectivity index (χ2v) is 7.51. The van der Waals surface area contributed by atoms with Gasteiger partial charge in [0.25, 0.3) is 0 Å². The minimum Gasteiger partial charge on any atom is -0.478 e. The van der Waals surface area contributed by atoms with Crippen molar-refractivity contribution in [2.24, 2.45) is 0 Å². The lowest BCUT2D eigenvalue weighted by molar-refractivity contribution is 0.0697. The standard InChI is InChI=1S/C26H19NO3/c1-15-7-8-16(2)25-19(15)11-12-22(27-25)24-14-18-10-9-17(13-23(18)30-24)20-5-3-4-6-21(20)26(28)29/h3-14H,1-2H3,(H,28,29). The Kier molecular flexibility index (Phi) is 4.14. The lowest BCUT2D eigenvalue weighted by Crippen LogP contribution is -1.98. The van der Waals surface area contributed by atoms with Gasteiger partial charge in [0.05, 0.1) is 11.1 Å². The van der Waals surface area contributed by atoms with Gasteiger partial charge in [0, 0.05) is 10.8 Å². The maximum Gasteiger partial charge on any atom is 0.336 e. The molecular weight excluding hydrogens is 374 g/mol. The quantitative estimate of drug-likeness (QED) is 0.374. The molecule has 0 aliphatic heterocycles. The van der Waals surface area contributed by atoms with Crippen LogP contribution in [0.4, 0.5) is 0 Å². The van der Waals surface area contributed by atoms with Gasteiger partial charge in [-0.15, -0.1) is 0 Å². The Labute approximate surface area is 173 Å². The third kappa shape index (κ3) is 2.94. The van der Waals surface area contributed by atoms with Crippen LogP contribution < -0.4 is 0 Å². The molecule has 5 rings (SSSR count). The summed E-state index contributed by atoms with van der Waals surface area (Å²) in [6, 6.07) is 23.0. The molecule has 2 aromatic heterocycles. The zero-order chi connectivity index (χ0) is 20.8. The van der Waals surface area contributed by atoms with Gasteiger partial charge in [-0.3, -0.25) is 0 Å². The number of hydrogen-bond acceptors (Lipinski definition) is 3. The van der Waals surface area contributed by atoms with Gasteiger partial charge in [0.1, 0.15) is 11.3 Å². The molecule has 0 amide bonds. The number of carboxylic acids is 1. The molecule has 2 heterocycles. The predicted octanol–water partition coefficient (Wildman–Crippen LogP) is 6.63. The molecule has 4 heteroatoms. The Balaban J connectivity index is 1.63. The van der Waals surface area contributed by atoms with Gasteiger partial charge in [-0.25, -0.2) is 9.78 Å². The predicted molar refractivity (Wildman–Crippen MR) is 119 cm³/mol. The van der Waals surface area contributed by atoms with E-state index in [9.17, 15) is 9.90 Å². The first-order chi connectivity index (χ1) is 14.5. The molecule has 30 heavy (non-hydrogen) atoms. The summed E-state index contributed by atoms with van der Waals surface area (Å²) in [6.07, 6.45) is 0. The van der Waals surface area contributed by atoms with Crippen LogP contribution in [0.25, 0.3) is 44.5 Å². The molecule has 0 aliphatic rings. The van der Waals surface area contributed by atoms with Crippen LogP contribution in [0.5, 0.6) is 0 Å². The van der Waals surface area contributed by atoms with Crippen LogP contribution in [0.1, 0.15) is 21.5 Å². The number of carbonyl (C=O) groups is 1. The highest BCUT2D eigenvalue weighted by Crippen LogP contribution is 2.33. The van der Waals surface area contributed by atoms with Crippen LogP contribution >= 0.6 is 0 Å². The molecule has 0 fully saturated rings. The lowest BCUT2D eigenvalue weighted by atomic mass is 9.99. The minimum absolute atomic E-state index is 0.269. The van der Waals surface area contributed by atoms with Crippen molar-refractivity contribution in [1.82, 2.24) is 4.98 Å². The van der Waals surface area contributed by atoms with E-state index in [0.717, 1.165) is 33.1 Å². The lowest BCUT2D eigenvalue weighted by Gasteiger charge is -2.06. The Morgan fingerprint density at radius 3 is 2.53 bits per heavy atom. The van der Waals surface area contributed by atoms with Crippen molar-refractivity contribution in [1.29, 1.82) is 0 Å². The summed E-state index contributed by atoms with van der Waals surface area (Å²) in [5.74, 6) is -0.256. The number of furan rings is 1. The van der Waals surface area contributed by atoms with Crippen molar-refractivity contribution < 1.29 is 14.3 Å². The summed E-state index contributed by atoms with van der Waals surface area (Å²) in [5.41, 5.74) is 6.52. The fourth-order valence-corrected chi connectivity index (χ4v) is 3.88. The summed E-state index contributed by atoms with van der Waals surface area (Å²) >= 11 is 0. The third-order valence-corrected chi connectivity index (χ3v) is 5.52. The summed E-state index contributed by atoms with van der Waals surface area (Å²) in [4.78, 5) is 16.4. The number of benzene rings is 3. The van der Waals surface area contributed by atoms with Crippen LogP contribution in [0, 0.1) is 13.8 Å². The van der Waals surface area contributed by atoms with E-state index in [4.69, 9.17) is 9.40 Å². The molecular formula is C26H19NO3. The number of carboxylic acid groups (broad SMARTS) is 1. The average Bonchev–Trinajstić information content (AvgIpc) is 3.19. The summed E-state index contributed by atoms with van der Waals surface area (Å²) in [7, 11) is 0. The molecule has 3 aromatic carbocycles. The average molecular weight is 393 g/mol. The van der Waals surface area contributed by atoms with E-state index in [1.165, 1.54) is 5.56 Å². The molecule has 0 radical (unpaired) electrons. The zero-order valence-corrected chi connectivity index (χ0v) is 16.6. The second-order valence-electron chi connectivity index (χ2n) is 7.51. The van der Waals surface area contributed by atoms with E-state index < -0.39 is 5.97 Å². The molecule has 0 aliphatic carbocycles. The van der Waals surface area contributed by atoms with E-state index in [1.807, 2.05) is 42.5 Å². The minimum atomic E-state index is -0.947. The van der Waals surface area contributed by atoms with Gasteiger partial charge >= 0.3 is 5.97 Å². The van der Waals surface area contributed by atoms with E-state index >= 15 is 0 Å². The second kappa shape index (κ2) is 6.85. The van der Waals surface area contributed by atoms with E-state index in [-0.39, 0.29) is 5.56 Å². The van der Waals surface area contributed by atoms with Crippen molar-refractivity contribution in [2.45, 2.75) is 13.8 Å². The molecule has 0 bridgehead atoms. The van der Waals surface area contributed by atoms with Crippen LogP contribution in [0.3, 0.4) is 0 Å². The smallest absolute Gasteiger partial charge is 0.336 e. The van der Waals surface area contributed by atoms with Crippen LogP contribution in [-0.4, -0.2) is 16.1 Å². The fourth-order valence-electron chi connectivity index (χ4n) is 3.88. The van der Waals surface area contributed by atoms with Crippen molar-refractivity contribution in [3.8, 4) is 22.6 Å². The SMILES string of the molecule is Cc1ccc(C)c2nc(-c3cc4ccc(-c5ccccc5C(=O)O)cc4o3)ccc12. The highest BCUT2D eigenvalue weighted by Gasteiger charge is 2.14. The van der Waals surface area contributed by atoms with E-state index in [1.54, 1.807) is 12.1 Å². The Morgan fingerprint density at radius 2 is 1.70 bits per heavy atom. The summed E-state index contributed by atoms with van der Waals surface area (Å²) in [6.45, 7) is 4.14. The van der Waals surface area contributed by atoms with E-state index in [0.29, 0.717) is 16.9 Å². The molecule has 5 aromatic rings. The molecule has 146 valence electrons. The molecule has 0 unspecified atom stereocenters. The van der Waals surface area contributed by atoms with Gasteiger partial charge in [-0.1, -0.05) is 48.5 Å². The van der Waals surface area contributed by atoms with Crippen LogP contribution in [-0.2, 0) is 0 Å². The number of aryl methyl sites for hydroxylation is 2. The van der Waals surface area contributed by atoms with Crippen molar-refractivity contribution in [3.05, 3.63) is 89.5 Å². The number of hydrogen-bond donors (Lipinski definition) is 1. The summed E-state index contributed by atoms with van der Waals surface area (Å²) in [5, 5.41) is 11.6. The fraction of sp³-hybridized carbons (Fsp3) is 0.0769. The maximum atomic E-state index is 11.6. The van der Waals surface area contributed by atoms with Gasteiger partial charge in [-0.05, 0) is 60.4 Å². The first kappa shape index (κ1) is 18.1. The summed E-state index contributed by atoms with van der Waals surface area (Å²) < 4.78 is 6.13. The number of rotatable bonds is 3.